The average Bonchev–Trinajstić information content (AvgIpc) is 2.37. The molecule has 1 rings (SSSR count). The largest absolute Gasteiger partial charge is 0.507 e. The molecule has 0 aromatic heterocycles. The highest BCUT2D eigenvalue weighted by atomic mass is 16.3. The van der Waals surface area contributed by atoms with E-state index in [1.165, 1.54) is 6.08 Å². The van der Waals surface area contributed by atoms with Crippen LogP contribution in [0.5, 0.6) is 0 Å². The molecule has 0 atom stereocenters. The lowest BCUT2D eigenvalue weighted by Gasteiger charge is -1.90. The van der Waals surface area contributed by atoms with Gasteiger partial charge in [0.05, 0.1) is 0 Å². The van der Waals surface area contributed by atoms with Gasteiger partial charge in [0.1, 0.15) is 5.76 Å². The van der Waals surface area contributed by atoms with Crippen molar-refractivity contribution in [3.05, 3.63) is 48.3 Å². The van der Waals surface area contributed by atoms with E-state index in [0.717, 1.165) is 5.57 Å². The normalized spacial score (nSPS) is 14.4. The molecule has 1 aliphatic carbocycles. The second-order valence-corrected chi connectivity index (χ2v) is 1.76. The Bertz CT molecular complexity index is 193. The van der Waals surface area contributed by atoms with Crippen LogP contribution in [0.1, 0.15) is 0 Å². The number of rotatable bonds is 1. The molecule has 0 amide bonds. The first kappa shape index (κ1) is 5.89. The molecule has 0 bridgehead atoms. The summed E-state index contributed by atoms with van der Waals surface area (Å²) in [5.41, 5.74) is 0.824. The number of aliphatic hydroxyl groups excluding tert-OH is 1. The Morgan fingerprint density at radius 3 is 2.44 bits per heavy atom. The third-order valence-corrected chi connectivity index (χ3v) is 1.15. The summed E-state index contributed by atoms with van der Waals surface area (Å²) in [5.74, 6) is 0.236. The molecule has 1 aliphatic rings. The Morgan fingerprint density at radius 1 is 1.44 bits per heavy atom. The van der Waals surface area contributed by atoms with Crippen molar-refractivity contribution in [3.63, 3.8) is 0 Å². The molecular weight excluding hydrogens is 112 g/mol. The van der Waals surface area contributed by atoms with Gasteiger partial charge >= 0.3 is 0 Å². The molecule has 1 N–H and O–H groups in total. The Kier molecular flexibility index (Phi) is 1.54. The number of hydrogen-bond acceptors (Lipinski definition) is 1. The molecule has 1 heteroatoms. The van der Waals surface area contributed by atoms with Crippen LogP contribution in [0.25, 0.3) is 0 Å². The zero-order chi connectivity index (χ0) is 6.69. The van der Waals surface area contributed by atoms with Crippen molar-refractivity contribution in [1.29, 1.82) is 0 Å². The minimum Gasteiger partial charge on any atom is -0.507 e. The molecule has 0 heterocycles. The maximum absolute atomic E-state index is 9.02. The molecule has 0 spiro atoms. The van der Waals surface area contributed by atoms with Crippen molar-refractivity contribution in [2.75, 3.05) is 0 Å². The molecule has 9 heavy (non-hydrogen) atoms. The van der Waals surface area contributed by atoms with Gasteiger partial charge in [-0.25, -0.2) is 0 Å². The van der Waals surface area contributed by atoms with E-state index in [1.807, 2.05) is 24.3 Å². The van der Waals surface area contributed by atoms with Gasteiger partial charge in [0, 0.05) is 5.57 Å². The van der Waals surface area contributed by atoms with Crippen LogP contribution in [0.3, 0.4) is 0 Å². The van der Waals surface area contributed by atoms with Crippen LogP contribution < -0.4 is 0 Å². The van der Waals surface area contributed by atoms with Gasteiger partial charge in [-0.05, 0) is 6.08 Å². The molecule has 0 saturated heterocycles. The second-order valence-electron chi connectivity index (χ2n) is 1.76. The summed E-state index contributed by atoms with van der Waals surface area (Å²) in [5, 5.41) is 9.02. The summed E-state index contributed by atoms with van der Waals surface area (Å²) < 4.78 is 0. The van der Waals surface area contributed by atoms with E-state index in [4.69, 9.17) is 5.11 Å². The van der Waals surface area contributed by atoms with Gasteiger partial charge < -0.3 is 5.11 Å². The van der Waals surface area contributed by atoms with Crippen LogP contribution in [0, 0.1) is 0 Å². The van der Waals surface area contributed by atoms with E-state index in [1.54, 1.807) is 0 Å². The highest BCUT2D eigenvalue weighted by Gasteiger charge is 1.95. The van der Waals surface area contributed by atoms with Gasteiger partial charge in [-0.1, -0.05) is 30.9 Å². The first-order chi connectivity index (χ1) is 4.34. The van der Waals surface area contributed by atoms with Gasteiger partial charge in [-0.15, -0.1) is 0 Å². The van der Waals surface area contributed by atoms with Crippen LogP contribution >= 0.6 is 0 Å². The maximum Gasteiger partial charge on any atom is 0.122 e. The van der Waals surface area contributed by atoms with E-state index < -0.39 is 0 Å². The lowest BCUT2D eigenvalue weighted by Crippen LogP contribution is -1.77. The third-order valence-electron chi connectivity index (χ3n) is 1.15. The highest BCUT2D eigenvalue weighted by molar-refractivity contribution is 5.43. The molecule has 0 aromatic rings. The first-order valence-corrected chi connectivity index (χ1v) is 2.75. The molecule has 0 unspecified atom stereocenters. The fourth-order valence-corrected chi connectivity index (χ4v) is 0.663. The van der Waals surface area contributed by atoms with Gasteiger partial charge in [-0.3, -0.25) is 0 Å². The van der Waals surface area contributed by atoms with Gasteiger partial charge in [0.2, 0.25) is 0 Å². The van der Waals surface area contributed by atoms with Crippen LogP contribution in [0.4, 0.5) is 0 Å². The fourth-order valence-electron chi connectivity index (χ4n) is 0.663. The van der Waals surface area contributed by atoms with Crippen molar-refractivity contribution >= 4 is 0 Å². The lowest BCUT2D eigenvalue weighted by atomic mass is 10.2. The summed E-state index contributed by atoms with van der Waals surface area (Å²) in [6.45, 7) is 3.43. The van der Waals surface area contributed by atoms with Gasteiger partial charge in [0.25, 0.3) is 0 Å². The van der Waals surface area contributed by atoms with Gasteiger partial charge in [0.15, 0.2) is 0 Å². The van der Waals surface area contributed by atoms with E-state index in [9.17, 15) is 0 Å². The molecule has 0 aliphatic heterocycles. The smallest absolute Gasteiger partial charge is 0.122 e. The summed E-state index contributed by atoms with van der Waals surface area (Å²) in [6, 6.07) is 0. The summed E-state index contributed by atoms with van der Waals surface area (Å²) >= 11 is 0. The zero-order valence-corrected chi connectivity index (χ0v) is 5.04. The Labute approximate surface area is 54.3 Å². The van der Waals surface area contributed by atoms with Crippen LogP contribution in [-0.4, -0.2) is 5.11 Å². The van der Waals surface area contributed by atoms with E-state index in [2.05, 4.69) is 6.58 Å². The van der Waals surface area contributed by atoms with E-state index >= 15 is 0 Å². The van der Waals surface area contributed by atoms with Crippen molar-refractivity contribution in [2.24, 2.45) is 0 Å². The summed E-state index contributed by atoms with van der Waals surface area (Å²) in [4.78, 5) is 0. The monoisotopic (exact) mass is 120 g/mol. The van der Waals surface area contributed by atoms with Crippen molar-refractivity contribution in [2.45, 2.75) is 0 Å². The lowest BCUT2D eigenvalue weighted by molar-refractivity contribution is 0.429. The molecule has 0 fully saturated rings. The maximum atomic E-state index is 9.02. The minimum absolute atomic E-state index is 0.236. The van der Waals surface area contributed by atoms with Gasteiger partial charge in [-0.2, -0.15) is 0 Å². The number of allylic oxidation sites excluding steroid dienone is 6. The molecule has 0 aromatic carbocycles. The van der Waals surface area contributed by atoms with Crippen molar-refractivity contribution in [3.8, 4) is 0 Å². The topological polar surface area (TPSA) is 20.2 Å². The molecular formula is C8H8O. The van der Waals surface area contributed by atoms with E-state index in [-0.39, 0.29) is 5.76 Å². The summed E-state index contributed by atoms with van der Waals surface area (Å²) in [7, 11) is 0. The summed E-state index contributed by atoms with van der Waals surface area (Å²) in [6.07, 6.45) is 8.83. The highest BCUT2D eigenvalue weighted by Crippen LogP contribution is 2.11. The van der Waals surface area contributed by atoms with Crippen LogP contribution in [-0.2, 0) is 0 Å². The SMILES string of the molecule is C=CC(O)=C1C=CC=C1. The van der Waals surface area contributed by atoms with E-state index in [0.29, 0.717) is 0 Å². The fraction of sp³-hybridized carbons (Fsp3) is 0. The predicted molar refractivity (Wildman–Crippen MR) is 38.1 cm³/mol. The Balaban J connectivity index is 2.93. The minimum atomic E-state index is 0.236. The van der Waals surface area contributed by atoms with Crippen LogP contribution in [0.2, 0.25) is 0 Å². The molecule has 1 nitrogen and oxygen atoms in total. The molecule has 0 saturated carbocycles. The quantitative estimate of drug-likeness (QED) is 0.525. The zero-order valence-electron chi connectivity index (χ0n) is 5.04. The molecule has 46 valence electrons. The average molecular weight is 120 g/mol. The number of hydrogen-bond donors (Lipinski definition) is 1. The van der Waals surface area contributed by atoms with Crippen LogP contribution in [0.15, 0.2) is 48.3 Å². The predicted octanol–water partition coefficient (Wildman–Crippen LogP) is 2.11. The number of aliphatic hydroxyl groups is 1. The third kappa shape index (κ3) is 1.11. The standard InChI is InChI=1S/C8H8O/c1-2-8(9)7-5-3-4-6-7/h2-6,9H,1H2. The first-order valence-electron chi connectivity index (χ1n) is 2.75. The Hall–Kier alpha value is -1.24. The van der Waals surface area contributed by atoms with Crippen molar-refractivity contribution in [1.82, 2.24) is 0 Å². The second kappa shape index (κ2) is 2.35. The molecule has 0 radical (unpaired) electrons. The Morgan fingerprint density at radius 2 is 2.00 bits per heavy atom. The van der Waals surface area contributed by atoms with Crippen molar-refractivity contribution < 1.29 is 5.11 Å².